The number of fused-ring (bicyclic) bond motifs is 2. The van der Waals surface area contributed by atoms with Gasteiger partial charge in [0.25, 0.3) is 0 Å². The first kappa shape index (κ1) is 22.2. The number of halogens is 1. The molecular formula is C26H30FN7O. The maximum atomic E-state index is 14.0. The highest BCUT2D eigenvalue weighted by molar-refractivity contribution is 5.78. The Hall–Kier alpha value is -3.33. The first-order valence-corrected chi connectivity index (χ1v) is 12.3. The van der Waals surface area contributed by atoms with Crippen LogP contribution in [-0.4, -0.2) is 62.1 Å². The van der Waals surface area contributed by atoms with Gasteiger partial charge >= 0.3 is 0 Å². The van der Waals surface area contributed by atoms with Crippen molar-refractivity contribution >= 4 is 28.3 Å². The van der Waals surface area contributed by atoms with Gasteiger partial charge in [0.1, 0.15) is 29.2 Å². The molecule has 2 fully saturated rings. The molecule has 2 aliphatic rings. The Morgan fingerprint density at radius 1 is 1.09 bits per heavy atom. The van der Waals surface area contributed by atoms with Crippen LogP contribution in [0.3, 0.4) is 0 Å². The molecule has 2 atom stereocenters. The summed E-state index contributed by atoms with van der Waals surface area (Å²) < 4.78 is 21.7. The Kier molecular flexibility index (Phi) is 5.32. The molecule has 0 spiro atoms. The highest BCUT2D eigenvalue weighted by Crippen LogP contribution is 2.31. The van der Waals surface area contributed by atoms with E-state index < -0.39 is 6.17 Å². The minimum absolute atomic E-state index is 0.186. The number of nitrogens with one attached hydrogen (secondary N) is 1. The molecule has 0 bridgehead atoms. The van der Waals surface area contributed by atoms with Crippen LogP contribution in [0.2, 0.25) is 0 Å². The molecule has 4 aromatic rings. The van der Waals surface area contributed by atoms with Gasteiger partial charge < -0.3 is 15.0 Å². The summed E-state index contributed by atoms with van der Waals surface area (Å²) in [6.07, 6.45) is 1.49. The van der Waals surface area contributed by atoms with Gasteiger partial charge in [0.2, 0.25) is 0 Å². The van der Waals surface area contributed by atoms with E-state index in [9.17, 15) is 4.39 Å². The smallest absolute Gasteiger partial charge is 0.160 e. The number of aryl methyl sites for hydroxylation is 1. The number of benzene rings is 1. The minimum atomic E-state index is -0.822. The van der Waals surface area contributed by atoms with E-state index in [0.717, 1.165) is 46.9 Å². The predicted molar refractivity (Wildman–Crippen MR) is 135 cm³/mol. The van der Waals surface area contributed by atoms with Crippen LogP contribution in [0.25, 0.3) is 28.1 Å². The third-order valence-electron chi connectivity index (χ3n) is 6.90. The van der Waals surface area contributed by atoms with Crippen LogP contribution in [0.15, 0.2) is 36.4 Å². The molecule has 0 saturated carbocycles. The van der Waals surface area contributed by atoms with Crippen LogP contribution >= 0.6 is 0 Å². The molecule has 6 rings (SSSR count). The number of aromatic nitrogens is 5. The van der Waals surface area contributed by atoms with Crippen LogP contribution < -0.4 is 10.2 Å². The Labute approximate surface area is 203 Å². The van der Waals surface area contributed by atoms with Gasteiger partial charge in [-0.3, -0.25) is 0 Å². The number of hydrogen-bond acceptors (Lipinski definition) is 7. The van der Waals surface area contributed by atoms with Crippen molar-refractivity contribution in [2.24, 2.45) is 0 Å². The summed E-state index contributed by atoms with van der Waals surface area (Å²) in [6, 6.07) is 12.0. The molecule has 1 aromatic carbocycles. The largest absolute Gasteiger partial charge is 0.375 e. The van der Waals surface area contributed by atoms with E-state index in [1.807, 2.05) is 52.7 Å². The SMILES string of the molecule is Cc1nc2ccccc2nc1-c1cc2nc(N3CC[C@@H](F)C3)cc(NC3CCOC(C)(C)C3)n2n1. The van der Waals surface area contributed by atoms with E-state index in [-0.39, 0.29) is 11.6 Å². The summed E-state index contributed by atoms with van der Waals surface area (Å²) >= 11 is 0. The van der Waals surface area contributed by atoms with E-state index in [2.05, 4.69) is 19.2 Å². The topological polar surface area (TPSA) is 80.5 Å². The number of hydrogen-bond donors (Lipinski definition) is 1. The molecule has 1 unspecified atom stereocenters. The molecule has 2 saturated heterocycles. The number of nitrogens with zero attached hydrogens (tertiary/aromatic N) is 6. The average Bonchev–Trinajstić information content (AvgIpc) is 3.44. The van der Waals surface area contributed by atoms with E-state index in [1.165, 1.54) is 0 Å². The Balaban J connectivity index is 1.44. The van der Waals surface area contributed by atoms with Crippen molar-refractivity contribution in [2.75, 3.05) is 29.9 Å². The first-order chi connectivity index (χ1) is 16.8. The monoisotopic (exact) mass is 475 g/mol. The lowest BCUT2D eigenvalue weighted by Gasteiger charge is -2.36. The molecule has 35 heavy (non-hydrogen) atoms. The van der Waals surface area contributed by atoms with Gasteiger partial charge in [-0.15, -0.1) is 0 Å². The fraction of sp³-hybridized carbons (Fsp3) is 0.462. The fourth-order valence-electron chi connectivity index (χ4n) is 5.16. The van der Waals surface area contributed by atoms with Gasteiger partial charge in [-0.2, -0.15) is 9.61 Å². The third-order valence-corrected chi connectivity index (χ3v) is 6.90. The zero-order chi connectivity index (χ0) is 24.2. The van der Waals surface area contributed by atoms with Crippen LogP contribution in [0.1, 0.15) is 38.8 Å². The molecule has 0 amide bonds. The van der Waals surface area contributed by atoms with Gasteiger partial charge in [0.15, 0.2) is 5.65 Å². The van der Waals surface area contributed by atoms with Gasteiger partial charge in [-0.25, -0.2) is 19.3 Å². The van der Waals surface area contributed by atoms with Crippen LogP contribution in [-0.2, 0) is 4.74 Å². The lowest BCUT2D eigenvalue weighted by Crippen LogP contribution is -2.40. The normalized spacial score (nSPS) is 22.2. The Bertz CT molecular complexity index is 1400. The summed E-state index contributed by atoms with van der Waals surface area (Å²) in [6.45, 7) is 7.91. The fourth-order valence-corrected chi connectivity index (χ4v) is 5.16. The number of alkyl halides is 1. The standard InChI is InChI=1S/C26H30FN7O/c1-16-25(30-20-7-5-4-6-19(20)28-16)21-12-23-31-22(33-10-8-17(27)15-33)13-24(34(23)32-21)29-18-9-11-35-26(2,3)14-18/h4-7,12-13,17-18,29H,8-11,14-15H2,1-3H3/t17-,18?/m1/s1. The highest BCUT2D eigenvalue weighted by Gasteiger charge is 2.30. The van der Waals surface area contributed by atoms with E-state index in [1.54, 1.807) is 0 Å². The zero-order valence-electron chi connectivity index (χ0n) is 20.3. The number of para-hydroxylation sites is 2. The molecule has 1 N–H and O–H groups in total. The van der Waals surface area contributed by atoms with Gasteiger partial charge in [0, 0.05) is 31.3 Å². The highest BCUT2D eigenvalue weighted by atomic mass is 19.1. The zero-order valence-corrected chi connectivity index (χ0v) is 20.3. The van der Waals surface area contributed by atoms with E-state index in [0.29, 0.717) is 37.5 Å². The Morgan fingerprint density at radius 3 is 2.63 bits per heavy atom. The summed E-state index contributed by atoms with van der Waals surface area (Å²) in [5.74, 6) is 1.60. The lowest BCUT2D eigenvalue weighted by atomic mass is 9.94. The van der Waals surface area contributed by atoms with Gasteiger partial charge in [0.05, 0.1) is 28.9 Å². The second-order valence-electron chi connectivity index (χ2n) is 10.2. The van der Waals surface area contributed by atoms with Crippen molar-refractivity contribution in [3.63, 3.8) is 0 Å². The third kappa shape index (κ3) is 4.29. The maximum Gasteiger partial charge on any atom is 0.160 e. The van der Waals surface area contributed by atoms with Crippen molar-refractivity contribution in [3.8, 4) is 11.4 Å². The van der Waals surface area contributed by atoms with E-state index in [4.69, 9.17) is 24.8 Å². The number of anilines is 2. The van der Waals surface area contributed by atoms with E-state index >= 15 is 0 Å². The molecule has 8 nitrogen and oxygen atoms in total. The molecule has 0 aliphatic carbocycles. The molecule has 3 aromatic heterocycles. The second kappa shape index (κ2) is 8.41. The molecule has 2 aliphatic heterocycles. The summed E-state index contributed by atoms with van der Waals surface area (Å²) in [5, 5.41) is 8.59. The number of ether oxygens (including phenoxy) is 1. The van der Waals surface area contributed by atoms with Crippen molar-refractivity contribution < 1.29 is 9.13 Å². The van der Waals surface area contributed by atoms with Crippen molar-refractivity contribution in [2.45, 2.75) is 57.8 Å². The van der Waals surface area contributed by atoms with Crippen molar-refractivity contribution in [1.29, 1.82) is 0 Å². The van der Waals surface area contributed by atoms with Crippen molar-refractivity contribution in [3.05, 3.63) is 42.1 Å². The molecule has 182 valence electrons. The molecule has 0 radical (unpaired) electrons. The quantitative estimate of drug-likeness (QED) is 0.463. The summed E-state index contributed by atoms with van der Waals surface area (Å²) in [7, 11) is 0. The first-order valence-electron chi connectivity index (χ1n) is 12.3. The van der Waals surface area contributed by atoms with Gasteiger partial charge in [-0.05, 0) is 52.2 Å². The van der Waals surface area contributed by atoms with Crippen LogP contribution in [0.4, 0.5) is 16.0 Å². The maximum absolute atomic E-state index is 14.0. The van der Waals surface area contributed by atoms with Crippen LogP contribution in [0, 0.1) is 6.92 Å². The summed E-state index contributed by atoms with van der Waals surface area (Å²) in [4.78, 5) is 16.5. The second-order valence-corrected chi connectivity index (χ2v) is 10.2. The molecular weight excluding hydrogens is 445 g/mol. The predicted octanol–water partition coefficient (Wildman–Crippen LogP) is 4.57. The van der Waals surface area contributed by atoms with Crippen molar-refractivity contribution in [1.82, 2.24) is 24.6 Å². The number of rotatable bonds is 4. The molecule has 5 heterocycles. The molecule has 9 heteroatoms. The Morgan fingerprint density at radius 2 is 1.89 bits per heavy atom. The average molecular weight is 476 g/mol. The minimum Gasteiger partial charge on any atom is -0.375 e. The van der Waals surface area contributed by atoms with Crippen LogP contribution in [0.5, 0.6) is 0 Å². The van der Waals surface area contributed by atoms with Gasteiger partial charge in [-0.1, -0.05) is 12.1 Å². The summed E-state index contributed by atoms with van der Waals surface area (Å²) in [5.41, 5.74) is 4.46. The lowest BCUT2D eigenvalue weighted by molar-refractivity contribution is -0.0553.